The van der Waals surface area contributed by atoms with E-state index >= 15 is 0 Å². The molecule has 1 saturated heterocycles. The van der Waals surface area contributed by atoms with Crippen molar-refractivity contribution in [3.8, 4) is 0 Å². The van der Waals surface area contributed by atoms with Crippen LogP contribution in [0.5, 0.6) is 0 Å². The number of hydrogen-bond donors (Lipinski definition) is 2. The lowest BCUT2D eigenvalue weighted by Gasteiger charge is -2.35. The molecule has 0 aromatic carbocycles. The van der Waals surface area contributed by atoms with Crippen molar-refractivity contribution in [3.05, 3.63) is 0 Å². The Morgan fingerprint density at radius 1 is 1.42 bits per heavy atom. The quantitative estimate of drug-likeness (QED) is 0.597. The highest BCUT2D eigenvalue weighted by Gasteiger charge is 2.33. The molecule has 0 bridgehead atoms. The van der Waals surface area contributed by atoms with Crippen molar-refractivity contribution >= 4 is 0 Å². The van der Waals surface area contributed by atoms with Crippen molar-refractivity contribution in [3.63, 3.8) is 0 Å². The van der Waals surface area contributed by atoms with E-state index in [2.05, 4.69) is 0 Å². The average Bonchev–Trinajstić information content (AvgIpc) is 2.01. The highest BCUT2D eigenvalue weighted by atomic mass is 16.6. The summed E-state index contributed by atoms with van der Waals surface area (Å²) in [6, 6.07) is 0. The number of ether oxygens (including phenoxy) is 2. The Morgan fingerprint density at radius 3 is 2.67 bits per heavy atom. The van der Waals surface area contributed by atoms with E-state index in [1.54, 1.807) is 14.0 Å². The maximum atomic E-state index is 9.42. The largest absolute Gasteiger partial charge is 0.390 e. The smallest absolute Gasteiger partial charge is 0.107 e. The highest BCUT2D eigenvalue weighted by molar-refractivity contribution is 4.82. The third-order valence-corrected chi connectivity index (χ3v) is 2.17. The first kappa shape index (κ1) is 9.92. The standard InChI is InChI=1S/C8H16O4/c1-5-6(9)3-7(10)8(12-5)4-11-2/h5-10H,3-4H2,1-2H3. The van der Waals surface area contributed by atoms with E-state index in [4.69, 9.17) is 9.47 Å². The summed E-state index contributed by atoms with van der Waals surface area (Å²) in [7, 11) is 1.56. The van der Waals surface area contributed by atoms with Gasteiger partial charge in [-0.25, -0.2) is 0 Å². The molecule has 1 aliphatic rings. The van der Waals surface area contributed by atoms with Crippen LogP contribution in [0.3, 0.4) is 0 Å². The maximum absolute atomic E-state index is 9.42. The Morgan fingerprint density at radius 2 is 2.08 bits per heavy atom. The molecule has 12 heavy (non-hydrogen) atoms. The summed E-state index contributed by atoms with van der Waals surface area (Å²) in [5, 5.41) is 18.7. The number of aliphatic hydroxyl groups is 2. The summed E-state index contributed by atoms with van der Waals surface area (Å²) in [5.74, 6) is 0. The van der Waals surface area contributed by atoms with E-state index in [9.17, 15) is 10.2 Å². The van der Waals surface area contributed by atoms with Crippen molar-refractivity contribution in [2.75, 3.05) is 13.7 Å². The van der Waals surface area contributed by atoms with E-state index in [1.807, 2.05) is 0 Å². The SMILES string of the molecule is COCC1OC(C)C(O)CC1O. The van der Waals surface area contributed by atoms with Crippen molar-refractivity contribution < 1.29 is 19.7 Å². The van der Waals surface area contributed by atoms with E-state index in [0.717, 1.165) is 0 Å². The summed E-state index contributed by atoms with van der Waals surface area (Å²) in [6.07, 6.45) is -1.32. The molecule has 0 aliphatic carbocycles. The number of hydrogen-bond acceptors (Lipinski definition) is 4. The summed E-state index contributed by atoms with van der Waals surface area (Å²) >= 11 is 0. The molecule has 1 heterocycles. The second kappa shape index (κ2) is 4.18. The number of rotatable bonds is 2. The van der Waals surface area contributed by atoms with Gasteiger partial charge in [0.05, 0.1) is 24.9 Å². The minimum atomic E-state index is -0.615. The first-order valence-corrected chi connectivity index (χ1v) is 4.15. The van der Waals surface area contributed by atoms with Gasteiger partial charge in [0.25, 0.3) is 0 Å². The molecule has 0 radical (unpaired) electrons. The Hall–Kier alpha value is -0.160. The zero-order valence-corrected chi connectivity index (χ0v) is 7.43. The van der Waals surface area contributed by atoms with Crippen molar-refractivity contribution in [1.29, 1.82) is 0 Å². The number of methoxy groups -OCH3 is 1. The predicted molar refractivity (Wildman–Crippen MR) is 42.8 cm³/mol. The fraction of sp³-hybridized carbons (Fsp3) is 1.00. The second-order valence-corrected chi connectivity index (χ2v) is 3.21. The van der Waals surface area contributed by atoms with Gasteiger partial charge in [-0.1, -0.05) is 0 Å². The predicted octanol–water partition coefficient (Wildman–Crippen LogP) is -0.468. The summed E-state index contributed by atoms with van der Waals surface area (Å²) in [6.45, 7) is 2.16. The van der Waals surface area contributed by atoms with Gasteiger partial charge in [-0.2, -0.15) is 0 Å². The van der Waals surface area contributed by atoms with E-state index < -0.39 is 12.2 Å². The molecule has 0 aromatic heterocycles. The highest BCUT2D eigenvalue weighted by Crippen LogP contribution is 2.19. The first-order valence-electron chi connectivity index (χ1n) is 4.15. The van der Waals surface area contributed by atoms with Gasteiger partial charge >= 0.3 is 0 Å². The molecule has 1 fully saturated rings. The summed E-state index contributed by atoms with van der Waals surface area (Å²) in [5.41, 5.74) is 0. The molecule has 0 aromatic rings. The fourth-order valence-corrected chi connectivity index (χ4v) is 1.36. The van der Waals surface area contributed by atoms with Crippen LogP contribution >= 0.6 is 0 Å². The molecular weight excluding hydrogens is 160 g/mol. The van der Waals surface area contributed by atoms with Crippen LogP contribution in [0.15, 0.2) is 0 Å². The van der Waals surface area contributed by atoms with Crippen LogP contribution < -0.4 is 0 Å². The molecule has 4 unspecified atom stereocenters. The minimum Gasteiger partial charge on any atom is -0.390 e. The number of aliphatic hydroxyl groups excluding tert-OH is 2. The van der Waals surface area contributed by atoms with Gasteiger partial charge in [0.15, 0.2) is 0 Å². The molecule has 4 heteroatoms. The van der Waals surface area contributed by atoms with E-state index in [0.29, 0.717) is 13.0 Å². The van der Waals surface area contributed by atoms with Crippen LogP contribution in [0.25, 0.3) is 0 Å². The second-order valence-electron chi connectivity index (χ2n) is 3.21. The Labute approximate surface area is 72.1 Å². The molecule has 0 spiro atoms. The molecular formula is C8H16O4. The fourth-order valence-electron chi connectivity index (χ4n) is 1.36. The van der Waals surface area contributed by atoms with Gasteiger partial charge in [-0.3, -0.25) is 0 Å². The molecule has 0 saturated carbocycles. The van der Waals surface area contributed by atoms with Crippen LogP contribution in [0, 0.1) is 0 Å². The van der Waals surface area contributed by atoms with Crippen molar-refractivity contribution in [2.24, 2.45) is 0 Å². The third kappa shape index (κ3) is 2.17. The Balaban J connectivity index is 2.43. The molecule has 1 rings (SSSR count). The zero-order chi connectivity index (χ0) is 9.14. The zero-order valence-electron chi connectivity index (χ0n) is 7.43. The van der Waals surface area contributed by atoms with E-state index in [-0.39, 0.29) is 12.2 Å². The van der Waals surface area contributed by atoms with Gasteiger partial charge in [0, 0.05) is 13.5 Å². The topological polar surface area (TPSA) is 58.9 Å². The van der Waals surface area contributed by atoms with E-state index in [1.165, 1.54) is 0 Å². The van der Waals surface area contributed by atoms with Gasteiger partial charge in [0.1, 0.15) is 6.10 Å². The van der Waals surface area contributed by atoms with Crippen LogP contribution in [-0.4, -0.2) is 48.3 Å². The van der Waals surface area contributed by atoms with Crippen LogP contribution in [-0.2, 0) is 9.47 Å². The lowest BCUT2D eigenvalue weighted by Crippen LogP contribution is -2.47. The van der Waals surface area contributed by atoms with Crippen molar-refractivity contribution in [1.82, 2.24) is 0 Å². The van der Waals surface area contributed by atoms with Crippen LogP contribution in [0.4, 0.5) is 0 Å². The Kier molecular flexibility index (Phi) is 3.46. The van der Waals surface area contributed by atoms with Gasteiger partial charge < -0.3 is 19.7 Å². The molecule has 0 amide bonds. The van der Waals surface area contributed by atoms with Crippen LogP contribution in [0.1, 0.15) is 13.3 Å². The first-order chi connectivity index (χ1) is 5.65. The normalized spacial score (nSPS) is 43.0. The average molecular weight is 176 g/mol. The summed E-state index contributed by atoms with van der Waals surface area (Å²) in [4.78, 5) is 0. The van der Waals surface area contributed by atoms with Gasteiger partial charge in [-0.05, 0) is 6.92 Å². The lowest BCUT2D eigenvalue weighted by molar-refractivity contribution is -0.176. The molecule has 72 valence electrons. The van der Waals surface area contributed by atoms with Crippen molar-refractivity contribution in [2.45, 2.75) is 37.8 Å². The lowest BCUT2D eigenvalue weighted by atomic mass is 9.99. The summed E-state index contributed by atoms with van der Waals surface area (Å²) < 4.78 is 10.2. The van der Waals surface area contributed by atoms with Gasteiger partial charge in [-0.15, -0.1) is 0 Å². The van der Waals surface area contributed by atoms with Gasteiger partial charge in [0.2, 0.25) is 0 Å². The molecule has 4 nitrogen and oxygen atoms in total. The third-order valence-electron chi connectivity index (χ3n) is 2.17. The maximum Gasteiger partial charge on any atom is 0.107 e. The molecule has 4 atom stereocenters. The molecule has 1 aliphatic heterocycles. The monoisotopic (exact) mass is 176 g/mol. The molecule has 2 N–H and O–H groups in total. The minimum absolute atomic E-state index is 0.214. The Bertz CT molecular complexity index is 139. The van der Waals surface area contributed by atoms with Crippen LogP contribution in [0.2, 0.25) is 0 Å².